The van der Waals surface area contributed by atoms with Crippen molar-refractivity contribution < 1.29 is 18.7 Å². The smallest absolute Gasteiger partial charge is 0.250 e. The van der Waals surface area contributed by atoms with Crippen molar-refractivity contribution in [3.63, 3.8) is 0 Å². The van der Waals surface area contributed by atoms with Crippen LogP contribution in [0, 0.1) is 5.82 Å². The Kier molecular flexibility index (Phi) is 4.24. The van der Waals surface area contributed by atoms with Crippen molar-refractivity contribution in [1.82, 2.24) is 0 Å². The van der Waals surface area contributed by atoms with Crippen LogP contribution in [-0.4, -0.2) is 19.2 Å². The normalized spacial score (nSPS) is 16.3. The Hall–Kier alpha value is -2.66. The van der Waals surface area contributed by atoms with Gasteiger partial charge in [-0.25, -0.2) is 4.39 Å². The summed E-state index contributed by atoms with van der Waals surface area (Å²) in [5.41, 5.74) is 3.34. The Morgan fingerprint density at radius 2 is 2.08 bits per heavy atom. The van der Waals surface area contributed by atoms with Crippen molar-refractivity contribution in [2.75, 3.05) is 18.2 Å². The fourth-order valence-electron chi connectivity index (χ4n) is 3.35. The molecule has 4 rings (SSSR count). The van der Waals surface area contributed by atoms with E-state index in [1.165, 1.54) is 23.8 Å². The van der Waals surface area contributed by atoms with Gasteiger partial charge in [-0.1, -0.05) is 18.2 Å². The molecule has 0 spiro atoms. The summed E-state index contributed by atoms with van der Waals surface area (Å²) in [5.74, 6) is 0.0937. The topological polar surface area (TPSA) is 38.8 Å². The zero-order valence-electron chi connectivity index (χ0n) is 13.7. The van der Waals surface area contributed by atoms with E-state index in [1.807, 2.05) is 18.2 Å². The zero-order chi connectivity index (χ0) is 17.2. The number of amides is 1. The Balaban J connectivity index is 1.61. The number of para-hydroxylation sites is 1. The van der Waals surface area contributed by atoms with Gasteiger partial charge in [-0.15, -0.1) is 0 Å². The van der Waals surface area contributed by atoms with E-state index in [0.717, 1.165) is 18.5 Å². The first-order chi connectivity index (χ1) is 12.2. The van der Waals surface area contributed by atoms with Gasteiger partial charge in [0, 0.05) is 29.4 Å². The highest BCUT2D eigenvalue weighted by Crippen LogP contribution is 2.31. The van der Waals surface area contributed by atoms with Crippen molar-refractivity contribution in [3.05, 3.63) is 65.0 Å². The third-order valence-corrected chi connectivity index (χ3v) is 4.49. The number of nitrogens with zero attached hydrogens (tertiary/aromatic N) is 1. The number of anilines is 1. The molecule has 25 heavy (non-hydrogen) atoms. The molecule has 2 heterocycles. The number of hydrogen-bond donors (Lipinski definition) is 0. The number of carbonyl (C=O) groups excluding carboxylic acids is 1. The molecule has 4 nitrogen and oxygen atoms in total. The highest BCUT2D eigenvalue weighted by molar-refractivity contribution is 6.04. The van der Waals surface area contributed by atoms with Crippen molar-refractivity contribution in [3.8, 4) is 5.75 Å². The lowest BCUT2D eigenvalue weighted by molar-refractivity contribution is -0.114. The lowest BCUT2D eigenvalue weighted by atomic mass is 10.0. The van der Waals surface area contributed by atoms with E-state index in [-0.39, 0.29) is 18.5 Å². The minimum absolute atomic E-state index is 0.114. The molecule has 0 aliphatic carbocycles. The lowest BCUT2D eigenvalue weighted by Gasteiger charge is -2.28. The predicted molar refractivity (Wildman–Crippen MR) is 92.8 cm³/mol. The van der Waals surface area contributed by atoms with Gasteiger partial charge in [-0.2, -0.15) is 0 Å². The van der Waals surface area contributed by atoms with Crippen LogP contribution < -0.4 is 9.64 Å². The van der Waals surface area contributed by atoms with Gasteiger partial charge in [0.2, 0.25) is 0 Å². The highest BCUT2D eigenvalue weighted by atomic mass is 19.1. The molecule has 0 unspecified atom stereocenters. The van der Waals surface area contributed by atoms with Gasteiger partial charge in [0.1, 0.15) is 11.6 Å². The number of ether oxygens (including phenoxy) is 2. The number of benzene rings is 2. The van der Waals surface area contributed by atoms with Crippen LogP contribution in [0.2, 0.25) is 0 Å². The Morgan fingerprint density at radius 1 is 1.20 bits per heavy atom. The quantitative estimate of drug-likeness (QED) is 0.784. The monoisotopic (exact) mass is 339 g/mol. The second-order valence-corrected chi connectivity index (χ2v) is 6.15. The maximum atomic E-state index is 13.8. The summed E-state index contributed by atoms with van der Waals surface area (Å²) in [7, 11) is 0. The average molecular weight is 339 g/mol. The summed E-state index contributed by atoms with van der Waals surface area (Å²) < 4.78 is 24.4. The van der Waals surface area contributed by atoms with Crippen molar-refractivity contribution in [2.45, 2.75) is 19.4 Å². The molecular weight excluding hydrogens is 321 g/mol. The molecule has 0 bridgehead atoms. The number of hydrogen-bond acceptors (Lipinski definition) is 3. The van der Waals surface area contributed by atoms with Crippen LogP contribution >= 0.6 is 0 Å². The second-order valence-electron chi connectivity index (χ2n) is 6.15. The number of aryl methyl sites for hydroxylation is 1. The van der Waals surface area contributed by atoms with Crippen LogP contribution in [0.15, 0.2) is 42.5 Å². The van der Waals surface area contributed by atoms with E-state index in [0.29, 0.717) is 30.0 Å². The van der Waals surface area contributed by atoms with Crippen LogP contribution in [-0.2, 0) is 22.6 Å². The summed E-state index contributed by atoms with van der Waals surface area (Å²) in [4.78, 5) is 14.4. The number of rotatable bonds is 2. The van der Waals surface area contributed by atoms with Gasteiger partial charge in [0.25, 0.3) is 5.91 Å². The summed E-state index contributed by atoms with van der Waals surface area (Å²) >= 11 is 0. The summed E-state index contributed by atoms with van der Waals surface area (Å²) in [6.45, 7) is 1.13. The molecule has 0 saturated heterocycles. The van der Waals surface area contributed by atoms with Crippen LogP contribution in [0.25, 0.3) is 6.08 Å². The van der Waals surface area contributed by atoms with Crippen molar-refractivity contribution >= 4 is 17.7 Å². The number of halogens is 1. The van der Waals surface area contributed by atoms with E-state index in [1.54, 1.807) is 11.0 Å². The molecule has 0 atom stereocenters. The van der Waals surface area contributed by atoms with Gasteiger partial charge < -0.3 is 14.4 Å². The Morgan fingerprint density at radius 3 is 3.00 bits per heavy atom. The summed E-state index contributed by atoms with van der Waals surface area (Å²) in [5, 5.41) is 0. The third kappa shape index (κ3) is 3.15. The van der Waals surface area contributed by atoms with Crippen LogP contribution in [0.1, 0.15) is 23.1 Å². The largest absolute Gasteiger partial charge is 0.467 e. The fraction of sp³-hybridized carbons (Fsp3) is 0.250. The first-order valence-electron chi connectivity index (χ1n) is 8.33. The molecule has 0 aromatic heterocycles. The first kappa shape index (κ1) is 15.8. The average Bonchev–Trinajstić information content (AvgIpc) is 2.65. The summed E-state index contributed by atoms with van der Waals surface area (Å²) in [6, 6.07) is 10.7. The molecule has 0 N–H and O–H groups in total. The standard InChI is InChI=1S/C20H18FNO3/c21-17-10-15(20-16(11-17)12-24-13-25-20)7-8-19(23)22-9-3-5-14-4-1-2-6-18(14)22/h1-2,4,6-8,10-11H,3,5,9,12-13H2/b8-7+. The van der Waals surface area contributed by atoms with Crippen LogP contribution in [0.5, 0.6) is 5.75 Å². The number of carbonyl (C=O) groups is 1. The Bertz CT molecular complexity index is 847. The maximum absolute atomic E-state index is 13.8. The molecule has 2 aliphatic rings. The Labute approximate surface area is 145 Å². The van der Waals surface area contributed by atoms with Gasteiger partial charge in [-0.3, -0.25) is 4.79 Å². The second kappa shape index (κ2) is 6.69. The van der Waals surface area contributed by atoms with E-state index in [2.05, 4.69) is 6.07 Å². The van der Waals surface area contributed by atoms with Gasteiger partial charge in [0.15, 0.2) is 6.79 Å². The van der Waals surface area contributed by atoms with E-state index in [4.69, 9.17) is 9.47 Å². The molecule has 0 saturated carbocycles. The minimum Gasteiger partial charge on any atom is -0.467 e. The van der Waals surface area contributed by atoms with E-state index < -0.39 is 0 Å². The molecule has 0 fully saturated rings. The number of fused-ring (bicyclic) bond motifs is 2. The SMILES string of the molecule is O=C(/C=C/c1cc(F)cc2c1OCOC2)N1CCCc2ccccc21. The van der Waals surface area contributed by atoms with E-state index >= 15 is 0 Å². The molecular formula is C20H18FNO3. The highest BCUT2D eigenvalue weighted by Gasteiger charge is 2.21. The van der Waals surface area contributed by atoms with Gasteiger partial charge in [-0.05, 0) is 42.7 Å². The van der Waals surface area contributed by atoms with Crippen molar-refractivity contribution in [2.24, 2.45) is 0 Å². The van der Waals surface area contributed by atoms with Crippen LogP contribution in [0.4, 0.5) is 10.1 Å². The zero-order valence-corrected chi connectivity index (χ0v) is 13.7. The maximum Gasteiger partial charge on any atom is 0.250 e. The first-order valence-corrected chi connectivity index (χ1v) is 8.33. The third-order valence-electron chi connectivity index (χ3n) is 4.49. The summed E-state index contributed by atoms with van der Waals surface area (Å²) in [6.07, 6.45) is 5.02. The molecule has 128 valence electrons. The van der Waals surface area contributed by atoms with Gasteiger partial charge in [0.05, 0.1) is 6.61 Å². The molecule has 2 aromatic rings. The molecule has 5 heteroatoms. The molecule has 2 aromatic carbocycles. The van der Waals surface area contributed by atoms with Crippen molar-refractivity contribution in [1.29, 1.82) is 0 Å². The predicted octanol–water partition coefficient (Wildman–Crippen LogP) is 3.68. The van der Waals surface area contributed by atoms with Crippen LogP contribution in [0.3, 0.4) is 0 Å². The lowest BCUT2D eigenvalue weighted by Crippen LogP contribution is -2.34. The molecule has 1 amide bonds. The van der Waals surface area contributed by atoms with E-state index in [9.17, 15) is 9.18 Å². The minimum atomic E-state index is -0.372. The fourth-order valence-corrected chi connectivity index (χ4v) is 3.35. The molecule has 2 aliphatic heterocycles. The molecule has 0 radical (unpaired) electrons. The van der Waals surface area contributed by atoms with Gasteiger partial charge >= 0.3 is 0 Å².